The van der Waals surface area contributed by atoms with Crippen LogP contribution in [0.4, 0.5) is 0 Å². The number of fused-ring (bicyclic) bond motifs is 1. The van der Waals surface area contributed by atoms with Crippen LogP contribution in [0.25, 0.3) is 0 Å². The van der Waals surface area contributed by atoms with E-state index in [0.717, 1.165) is 0 Å². The van der Waals surface area contributed by atoms with Crippen LogP contribution in [0.5, 0.6) is 11.5 Å². The van der Waals surface area contributed by atoms with Crippen molar-refractivity contribution < 1.29 is 19.1 Å². The van der Waals surface area contributed by atoms with Crippen LogP contribution >= 0.6 is 23.2 Å². The number of hydrogen-bond acceptors (Lipinski definition) is 4. The second-order valence-corrected chi connectivity index (χ2v) is 7.67. The fourth-order valence-electron chi connectivity index (χ4n) is 3.66. The number of halogens is 2. The first-order valence-corrected chi connectivity index (χ1v) is 9.31. The lowest BCUT2D eigenvalue weighted by Crippen LogP contribution is -2.45. The van der Waals surface area contributed by atoms with Crippen LogP contribution in [0.15, 0.2) is 36.4 Å². The fourth-order valence-corrected chi connectivity index (χ4v) is 3.96. The molecule has 2 aliphatic heterocycles. The maximum atomic E-state index is 12.8. The monoisotopic (exact) mass is 405 g/mol. The molecule has 5 nitrogen and oxygen atoms in total. The number of Topliss-reactive ketones (excluding diaryl/α,β-unsaturated/α-hetero) is 1. The van der Waals surface area contributed by atoms with Gasteiger partial charge in [-0.15, -0.1) is 0 Å². The molecule has 2 heterocycles. The number of carbonyl (C=O) groups excluding carboxylic acids is 2. The van der Waals surface area contributed by atoms with Gasteiger partial charge in [0.1, 0.15) is 17.1 Å². The highest BCUT2D eigenvalue weighted by atomic mass is 35.5. The Morgan fingerprint density at radius 2 is 2.00 bits per heavy atom. The third-order valence-electron chi connectivity index (χ3n) is 5.07. The minimum Gasteiger partial charge on any atom is -0.497 e. The first-order valence-electron chi connectivity index (χ1n) is 8.55. The van der Waals surface area contributed by atoms with Crippen LogP contribution in [0.2, 0.25) is 10.0 Å². The molecule has 1 fully saturated rings. The van der Waals surface area contributed by atoms with E-state index < -0.39 is 5.60 Å². The number of carbonyl (C=O) groups is 2. The number of amides is 1. The summed E-state index contributed by atoms with van der Waals surface area (Å²) in [5, 5.41) is 0.739. The number of likely N-dealkylation sites (tertiary alicyclic amines) is 1. The fraction of sp³-hybridized carbons (Fsp3) is 0.300. The van der Waals surface area contributed by atoms with Gasteiger partial charge in [0.05, 0.1) is 35.7 Å². The Bertz CT molecular complexity index is 946. The van der Waals surface area contributed by atoms with E-state index in [1.54, 1.807) is 48.4 Å². The molecule has 1 amide bonds. The highest BCUT2D eigenvalue weighted by molar-refractivity contribution is 6.42. The highest BCUT2D eigenvalue weighted by Gasteiger charge is 2.47. The summed E-state index contributed by atoms with van der Waals surface area (Å²) >= 11 is 11.9. The highest BCUT2D eigenvalue weighted by Crippen LogP contribution is 2.40. The summed E-state index contributed by atoms with van der Waals surface area (Å²) in [7, 11) is 1.56. The van der Waals surface area contributed by atoms with Crippen molar-refractivity contribution in [3.05, 3.63) is 57.6 Å². The average molecular weight is 406 g/mol. The van der Waals surface area contributed by atoms with E-state index in [-0.39, 0.29) is 18.1 Å². The van der Waals surface area contributed by atoms with Gasteiger partial charge in [-0.3, -0.25) is 9.59 Å². The van der Waals surface area contributed by atoms with Crippen LogP contribution < -0.4 is 9.47 Å². The van der Waals surface area contributed by atoms with Crippen LogP contribution in [0.1, 0.15) is 33.6 Å². The van der Waals surface area contributed by atoms with E-state index in [4.69, 9.17) is 32.7 Å². The molecular weight excluding hydrogens is 389 g/mol. The molecule has 0 aromatic heterocycles. The zero-order chi connectivity index (χ0) is 19.2. The second kappa shape index (κ2) is 6.73. The molecule has 0 radical (unpaired) electrons. The summed E-state index contributed by atoms with van der Waals surface area (Å²) in [6, 6.07) is 10.0. The van der Waals surface area contributed by atoms with E-state index in [0.29, 0.717) is 52.2 Å². The van der Waals surface area contributed by atoms with Crippen molar-refractivity contribution in [2.75, 3.05) is 20.2 Å². The molecule has 0 N–H and O–H groups in total. The van der Waals surface area contributed by atoms with Gasteiger partial charge in [-0.25, -0.2) is 0 Å². The van der Waals surface area contributed by atoms with Crippen molar-refractivity contribution in [3.63, 3.8) is 0 Å². The molecule has 0 aliphatic carbocycles. The first-order chi connectivity index (χ1) is 12.9. The first kappa shape index (κ1) is 18.1. The predicted molar refractivity (Wildman–Crippen MR) is 102 cm³/mol. The average Bonchev–Trinajstić information content (AvgIpc) is 3.06. The molecule has 1 spiro atoms. The third kappa shape index (κ3) is 3.26. The molecule has 0 bridgehead atoms. The summed E-state index contributed by atoms with van der Waals surface area (Å²) in [5.74, 6) is 1.00. The number of hydrogen-bond donors (Lipinski definition) is 0. The summed E-state index contributed by atoms with van der Waals surface area (Å²) in [5.41, 5.74) is 0.299. The normalized spacial score (nSPS) is 21.1. The minimum absolute atomic E-state index is 0.000939. The van der Waals surface area contributed by atoms with E-state index in [2.05, 4.69) is 0 Å². The van der Waals surface area contributed by atoms with E-state index >= 15 is 0 Å². The lowest BCUT2D eigenvalue weighted by Gasteiger charge is -2.34. The number of ether oxygens (including phenoxy) is 2. The lowest BCUT2D eigenvalue weighted by molar-refractivity contribution is 0.0427. The van der Waals surface area contributed by atoms with Crippen molar-refractivity contribution in [1.29, 1.82) is 0 Å². The Kier molecular flexibility index (Phi) is 4.52. The number of ketones is 1. The molecule has 2 aliphatic rings. The van der Waals surface area contributed by atoms with Crippen LogP contribution in [-0.2, 0) is 0 Å². The van der Waals surface area contributed by atoms with Crippen molar-refractivity contribution in [2.45, 2.75) is 18.4 Å². The van der Waals surface area contributed by atoms with Gasteiger partial charge in [0.2, 0.25) is 0 Å². The lowest BCUT2D eigenvalue weighted by atomic mass is 9.89. The van der Waals surface area contributed by atoms with Gasteiger partial charge in [0.25, 0.3) is 5.91 Å². The molecule has 1 saturated heterocycles. The van der Waals surface area contributed by atoms with E-state index in [1.165, 1.54) is 0 Å². The van der Waals surface area contributed by atoms with E-state index in [1.807, 2.05) is 0 Å². The van der Waals surface area contributed by atoms with Crippen molar-refractivity contribution >= 4 is 34.9 Å². The number of methoxy groups -OCH3 is 1. The van der Waals surface area contributed by atoms with Gasteiger partial charge in [-0.1, -0.05) is 23.2 Å². The van der Waals surface area contributed by atoms with Gasteiger partial charge < -0.3 is 14.4 Å². The predicted octanol–water partition coefficient (Wildman–Crippen LogP) is 4.25. The maximum Gasteiger partial charge on any atom is 0.254 e. The van der Waals surface area contributed by atoms with Crippen molar-refractivity contribution in [1.82, 2.24) is 4.90 Å². The molecule has 4 rings (SSSR count). The molecule has 140 valence electrons. The number of rotatable bonds is 2. The van der Waals surface area contributed by atoms with Gasteiger partial charge in [-0.05, 0) is 36.4 Å². The summed E-state index contributed by atoms with van der Waals surface area (Å²) in [6.07, 6.45) is 0.829. The van der Waals surface area contributed by atoms with Crippen LogP contribution in [0.3, 0.4) is 0 Å². The summed E-state index contributed by atoms with van der Waals surface area (Å²) in [4.78, 5) is 27.2. The van der Waals surface area contributed by atoms with Gasteiger partial charge in [0.15, 0.2) is 5.78 Å². The smallest absolute Gasteiger partial charge is 0.254 e. The van der Waals surface area contributed by atoms with Crippen LogP contribution in [-0.4, -0.2) is 42.4 Å². The minimum atomic E-state index is -0.690. The Balaban J connectivity index is 1.55. The Morgan fingerprint density at radius 1 is 1.19 bits per heavy atom. The van der Waals surface area contributed by atoms with E-state index in [9.17, 15) is 9.59 Å². The molecule has 1 unspecified atom stereocenters. The number of nitrogens with zero attached hydrogens (tertiary/aromatic N) is 1. The Hall–Kier alpha value is -2.24. The zero-order valence-corrected chi connectivity index (χ0v) is 16.1. The summed E-state index contributed by atoms with van der Waals surface area (Å²) in [6.45, 7) is 0.862. The molecule has 0 saturated carbocycles. The quantitative estimate of drug-likeness (QED) is 0.748. The Labute approximate surface area is 166 Å². The topological polar surface area (TPSA) is 55.8 Å². The molecule has 1 atom stereocenters. The third-order valence-corrected chi connectivity index (χ3v) is 5.81. The van der Waals surface area contributed by atoms with Crippen molar-refractivity contribution in [2.24, 2.45) is 0 Å². The molecule has 7 heteroatoms. The second-order valence-electron chi connectivity index (χ2n) is 6.85. The van der Waals surface area contributed by atoms with Gasteiger partial charge in [0, 0.05) is 18.5 Å². The van der Waals surface area contributed by atoms with Gasteiger partial charge in [-0.2, -0.15) is 0 Å². The Morgan fingerprint density at radius 3 is 2.74 bits per heavy atom. The molecule has 2 aromatic rings. The zero-order valence-electron chi connectivity index (χ0n) is 14.6. The summed E-state index contributed by atoms with van der Waals surface area (Å²) < 4.78 is 11.4. The molecule has 2 aromatic carbocycles. The van der Waals surface area contributed by atoms with Crippen molar-refractivity contribution in [3.8, 4) is 11.5 Å². The number of benzene rings is 2. The maximum absolute atomic E-state index is 12.8. The van der Waals surface area contributed by atoms with Crippen LogP contribution in [0, 0.1) is 0 Å². The molecular formula is C20H17Cl2NO4. The van der Waals surface area contributed by atoms with Gasteiger partial charge >= 0.3 is 0 Å². The molecule has 27 heavy (non-hydrogen) atoms. The largest absolute Gasteiger partial charge is 0.497 e. The standard InChI is InChI=1S/C20H17Cl2NO4/c1-26-13-3-5-18-14(9-13)17(24)10-20(27-18)6-7-23(11-20)19(25)12-2-4-15(21)16(22)8-12/h2-5,8-9H,6-7,10-11H2,1H3. The SMILES string of the molecule is COc1ccc2c(c1)C(=O)CC1(CCN(C(=O)c3ccc(Cl)c(Cl)c3)C1)O2.